The van der Waals surface area contributed by atoms with Crippen molar-refractivity contribution < 1.29 is 22.7 Å². The molecular formula is C24H31N3O5S. The molecule has 33 heavy (non-hydrogen) atoms. The van der Waals surface area contributed by atoms with Crippen LogP contribution in [0, 0.1) is 13.8 Å². The van der Waals surface area contributed by atoms with Crippen molar-refractivity contribution in [3.63, 3.8) is 0 Å². The van der Waals surface area contributed by atoms with Crippen molar-refractivity contribution in [2.75, 3.05) is 25.5 Å². The molecular weight excluding hydrogens is 442 g/mol. The summed E-state index contributed by atoms with van der Waals surface area (Å²) in [6.07, 6.45) is 2.84. The van der Waals surface area contributed by atoms with E-state index in [1.807, 2.05) is 26.0 Å². The Morgan fingerprint density at radius 3 is 2.42 bits per heavy atom. The van der Waals surface area contributed by atoms with Gasteiger partial charge in [-0.2, -0.15) is 4.31 Å². The minimum Gasteiger partial charge on any atom is -0.497 e. The van der Waals surface area contributed by atoms with Crippen molar-refractivity contribution >= 4 is 27.5 Å². The Hall–Kier alpha value is -2.91. The molecule has 9 heteroatoms. The topological polar surface area (TPSA) is 105 Å². The van der Waals surface area contributed by atoms with E-state index in [1.54, 1.807) is 30.3 Å². The van der Waals surface area contributed by atoms with Gasteiger partial charge in [0.2, 0.25) is 10.0 Å². The molecule has 1 heterocycles. The molecule has 3 rings (SSSR count). The molecule has 2 amide bonds. The summed E-state index contributed by atoms with van der Waals surface area (Å²) in [5, 5.41) is 5.21. The predicted molar refractivity (Wildman–Crippen MR) is 127 cm³/mol. The quantitative estimate of drug-likeness (QED) is 0.602. The molecule has 0 aliphatic carbocycles. The molecule has 2 aromatic rings. The van der Waals surface area contributed by atoms with Gasteiger partial charge in [-0.3, -0.25) is 9.59 Å². The van der Waals surface area contributed by atoms with Gasteiger partial charge < -0.3 is 15.4 Å². The van der Waals surface area contributed by atoms with E-state index in [0.29, 0.717) is 30.8 Å². The van der Waals surface area contributed by atoms with Gasteiger partial charge in [0, 0.05) is 24.8 Å². The van der Waals surface area contributed by atoms with E-state index in [0.717, 1.165) is 24.0 Å². The lowest BCUT2D eigenvalue weighted by Crippen LogP contribution is -2.45. The number of nitrogens with one attached hydrogen (secondary N) is 2. The maximum Gasteiger partial charge on any atom is 0.313 e. The summed E-state index contributed by atoms with van der Waals surface area (Å²) in [6, 6.07) is 11.5. The summed E-state index contributed by atoms with van der Waals surface area (Å²) in [4.78, 5) is 24.7. The van der Waals surface area contributed by atoms with Crippen molar-refractivity contribution in [1.29, 1.82) is 0 Å². The van der Waals surface area contributed by atoms with Crippen LogP contribution in [0.25, 0.3) is 0 Å². The number of ether oxygens (including phenoxy) is 1. The Morgan fingerprint density at radius 2 is 1.76 bits per heavy atom. The molecule has 1 saturated heterocycles. The largest absolute Gasteiger partial charge is 0.497 e. The Bertz CT molecular complexity index is 1100. The first-order chi connectivity index (χ1) is 15.7. The second-order valence-electron chi connectivity index (χ2n) is 8.24. The molecule has 1 aliphatic rings. The highest BCUT2D eigenvalue weighted by molar-refractivity contribution is 7.89. The number of rotatable bonds is 7. The smallest absolute Gasteiger partial charge is 0.313 e. The molecule has 178 valence electrons. The number of aryl methyl sites for hydroxylation is 2. The second kappa shape index (κ2) is 10.8. The first kappa shape index (κ1) is 24.7. The number of piperidine rings is 1. The van der Waals surface area contributed by atoms with Crippen LogP contribution in [0.2, 0.25) is 0 Å². The van der Waals surface area contributed by atoms with E-state index in [-0.39, 0.29) is 17.5 Å². The third kappa shape index (κ3) is 6.11. The normalized spacial score (nSPS) is 16.8. The second-order valence-corrected chi connectivity index (χ2v) is 10.1. The number of sulfonamides is 1. The molecule has 0 saturated carbocycles. The number of methoxy groups -OCH3 is 1. The van der Waals surface area contributed by atoms with Gasteiger partial charge in [0.15, 0.2) is 0 Å². The summed E-state index contributed by atoms with van der Waals surface area (Å²) >= 11 is 0. The number of nitrogens with zero attached hydrogens (tertiary/aromatic N) is 1. The fourth-order valence-corrected chi connectivity index (χ4v) is 5.63. The zero-order valence-corrected chi connectivity index (χ0v) is 20.1. The van der Waals surface area contributed by atoms with Crippen LogP contribution in [-0.4, -0.2) is 50.8 Å². The summed E-state index contributed by atoms with van der Waals surface area (Å²) in [5.41, 5.74) is 2.67. The zero-order chi connectivity index (χ0) is 24.0. The molecule has 2 N–H and O–H groups in total. The van der Waals surface area contributed by atoms with E-state index in [4.69, 9.17) is 4.74 Å². The lowest BCUT2D eigenvalue weighted by atomic mass is 10.0. The first-order valence-electron chi connectivity index (χ1n) is 11.0. The molecule has 2 aromatic carbocycles. The average Bonchev–Trinajstić information content (AvgIpc) is 2.81. The highest BCUT2D eigenvalue weighted by Crippen LogP contribution is 2.28. The highest BCUT2D eigenvalue weighted by atomic mass is 32.2. The Kier molecular flexibility index (Phi) is 8.10. The summed E-state index contributed by atoms with van der Waals surface area (Å²) < 4.78 is 33.0. The van der Waals surface area contributed by atoms with Crippen LogP contribution < -0.4 is 15.4 Å². The summed E-state index contributed by atoms with van der Waals surface area (Å²) in [6.45, 7) is 4.54. The van der Waals surface area contributed by atoms with E-state index in [1.165, 1.54) is 11.4 Å². The van der Waals surface area contributed by atoms with E-state index < -0.39 is 21.8 Å². The van der Waals surface area contributed by atoms with Gasteiger partial charge in [-0.1, -0.05) is 12.5 Å². The van der Waals surface area contributed by atoms with Crippen LogP contribution in [-0.2, 0) is 19.6 Å². The van der Waals surface area contributed by atoms with Crippen molar-refractivity contribution in [2.24, 2.45) is 0 Å². The van der Waals surface area contributed by atoms with Crippen molar-refractivity contribution in [1.82, 2.24) is 9.62 Å². The SMILES string of the molecule is COc1ccc(S(=O)(=O)N2CCCCC2CCNC(=O)C(=O)Nc2ccc(C)c(C)c2)cc1. The van der Waals surface area contributed by atoms with Gasteiger partial charge in [0.25, 0.3) is 0 Å². The first-order valence-corrected chi connectivity index (χ1v) is 12.5. The third-order valence-electron chi connectivity index (χ3n) is 5.97. The van der Waals surface area contributed by atoms with Gasteiger partial charge in [-0.25, -0.2) is 8.42 Å². The standard InChI is InChI=1S/C24H31N3O5S/c1-17-7-8-19(16-18(17)2)26-24(29)23(28)25-14-13-20-6-4-5-15-27(20)33(30,31)22-11-9-21(32-3)10-12-22/h7-12,16,20H,4-6,13-15H2,1-3H3,(H,25,28)(H,26,29). The maximum atomic E-state index is 13.2. The number of benzene rings is 2. The van der Waals surface area contributed by atoms with Gasteiger partial charge >= 0.3 is 11.8 Å². The Balaban J connectivity index is 1.57. The van der Waals surface area contributed by atoms with Crippen LogP contribution in [0.3, 0.4) is 0 Å². The average molecular weight is 474 g/mol. The fraction of sp³-hybridized carbons (Fsp3) is 0.417. The van der Waals surface area contributed by atoms with Crippen LogP contribution >= 0.6 is 0 Å². The molecule has 1 aliphatic heterocycles. The van der Waals surface area contributed by atoms with Crippen LogP contribution in [0.5, 0.6) is 5.75 Å². The number of carbonyl (C=O) groups is 2. The van der Waals surface area contributed by atoms with Crippen LogP contribution in [0.15, 0.2) is 47.4 Å². The maximum absolute atomic E-state index is 13.2. The summed E-state index contributed by atoms with van der Waals surface area (Å²) in [5.74, 6) is -0.899. The molecule has 8 nitrogen and oxygen atoms in total. The van der Waals surface area contributed by atoms with Crippen molar-refractivity contribution in [3.05, 3.63) is 53.6 Å². The lowest BCUT2D eigenvalue weighted by Gasteiger charge is -2.34. The lowest BCUT2D eigenvalue weighted by molar-refractivity contribution is -0.136. The summed E-state index contributed by atoms with van der Waals surface area (Å²) in [7, 11) is -2.14. The van der Waals surface area contributed by atoms with Gasteiger partial charge in [-0.05, 0) is 80.6 Å². The number of hydrogen-bond donors (Lipinski definition) is 2. The molecule has 1 atom stereocenters. The number of amides is 2. The van der Waals surface area contributed by atoms with E-state index in [2.05, 4.69) is 10.6 Å². The fourth-order valence-electron chi connectivity index (χ4n) is 3.90. The molecule has 0 aromatic heterocycles. The van der Waals surface area contributed by atoms with Gasteiger partial charge in [-0.15, -0.1) is 0 Å². The number of carbonyl (C=O) groups excluding carboxylic acids is 2. The van der Waals surface area contributed by atoms with Crippen LogP contribution in [0.1, 0.15) is 36.8 Å². The van der Waals surface area contributed by atoms with Crippen molar-refractivity contribution in [2.45, 2.75) is 50.5 Å². The Morgan fingerprint density at radius 1 is 1.03 bits per heavy atom. The monoisotopic (exact) mass is 473 g/mol. The minimum atomic E-state index is -3.67. The minimum absolute atomic E-state index is 0.207. The molecule has 0 radical (unpaired) electrons. The number of hydrogen-bond acceptors (Lipinski definition) is 5. The predicted octanol–water partition coefficient (Wildman–Crippen LogP) is 3.00. The Labute approximate surface area is 195 Å². The van der Waals surface area contributed by atoms with Gasteiger partial charge in [0.05, 0.1) is 12.0 Å². The van der Waals surface area contributed by atoms with Crippen LogP contribution in [0.4, 0.5) is 5.69 Å². The highest BCUT2D eigenvalue weighted by Gasteiger charge is 2.33. The van der Waals surface area contributed by atoms with E-state index in [9.17, 15) is 18.0 Å². The molecule has 1 fully saturated rings. The van der Waals surface area contributed by atoms with Crippen molar-refractivity contribution in [3.8, 4) is 5.75 Å². The van der Waals surface area contributed by atoms with E-state index >= 15 is 0 Å². The molecule has 1 unspecified atom stereocenters. The zero-order valence-electron chi connectivity index (χ0n) is 19.3. The molecule has 0 bridgehead atoms. The number of anilines is 1. The van der Waals surface area contributed by atoms with Gasteiger partial charge in [0.1, 0.15) is 5.75 Å². The molecule has 0 spiro atoms. The third-order valence-corrected chi connectivity index (χ3v) is 7.94.